The average Bonchev–Trinajstić information content (AvgIpc) is 3.19. The largest absolute Gasteiger partial charge is 0.465 e. The van der Waals surface area contributed by atoms with Gasteiger partial charge in [0.15, 0.2) is 5.96 Å². The highest BCUT2D eigenvalue weighted by atomic mass is 127. The molecule has 32 heavy (non-hydrogen) atoms. The van der Waals surface area contributed by atoms with Crippen molar-refractivity contribution >= 4 is 29.9 Å². The van der Waals surface area contributed by atoms with Crippen molar-refractivity contribution in [3.63, 3.8) is 0 Å². The molecule has 3 rings (SSSR count). The molecule has 2 aliphatic heterocycles. The highest BCUT2D eigenvalue weighted by Crippen LogP contribution is 2.26. The molecule has 2 atom stereocenters. The number of rotatable bonds is 6. The van der Waals surface area contributed by atoms with E-state index in [2.05, 4.69) is 10.2 Å². The number of guanidine groups is 1. The summed E-state index contributed by atoms with van der Waals surface area (Å²) < 4.78 is 50.5. The first-order valence-electron chi connectivity index (χ1n) is 11.0. The summed E-state index contributed by atoms with van der Waals surface area (Å²) >= 11 is 0. The van der Waals surface area contributed by atoms with Crippen LogP contribution in [0.4, 0.5) is 13.2 Å². The summed E-state index contributed by atoms with van der Waals surface area (Å²) in [6.45, 7) is 11.1. The Morgan fingerprint density at radius 3 is 2.28 bits per heavy atom. The third kappa shape index (κ3) is 7.22. The van der Waals surface area contributed by atoms with Gasteiger partial charge in [0.25, 0.3) is 0 Å². The van der Waals surface area contributed by atoms with E-state index in [0.717, 1.165) is 30.6 Å². The van der Waals surface area contributed by atoms with Crippen molar-refractivity contribution in [2.24, 2.45) is 4.99 Å². The number of morpholine rings is 1. The van der Waals surface area contributed by atoms with Crippen LogP contribution in [0, 0.1) is 6.92 Å². The van der Waals surface area contributed by atoms with E-state index in [4.69, 9.17) is 14.1 Å². The van der Waals surface area contributed by atoms with Crippen molar-refractivity contribution < 1.29 is 22.3 Å². The average molecular weight is 573 g/mol. The number of nitrogens with zero attached hydrogens (tertiary/aromatic N) is 4. The zero-order valence-corrected chi connectivity index (χ0v) is 21.4. The normalized spacial score (nSPS) is 21.2. The minimum Gasteiger partial charge on any atom is -0.465 e. The number of ether oxygens (including phenoxy) is 1. The molecular weight excluding hydrogens is 538 g/mol. The van der Waals surface area contributed by atoms with Gasteiger partial charge in [0.1, 0.15) is 17.6 Å². The summed E-state index contributed by atoms with van der Waals surface area (Å²) in [6, 6.07) is 2.52. The van der Waals surface area contributed by atoms with Gasteiger partial charge in [-0.05, 0) is 32.9 Å². The monoisotopic (exact) mass is 573 g/mol. The number of furan rings is 1. The maximum atomic E-state index is 13.0. The molecule has 0 radical (unpaired) electrons. The molecule has 3 heterocycles. The molecule has 184 valence electrons. The predicted molar refractivity (Wildman–Crippen MR) is 129 cm³/mol. The van der Waals surface area contributed by atoms with E-state index in [0.29, 0.717) is 52.5 Å². The van der Waals surface area contributed by atoms with Gasteiger partial charge in [-0.2, -0.15) is 13.2 Å². The number of halogens is 4. The summed E-state index contributed by atoms with van der Waals surface area (Å²) in [6.07, 6.45) is -4.20. The van der Waals surface area contributed by atoms with Crippen molar-refractivity contribution in [3.8, 4) is 0 Å². The van der Waals surface area contributed by atoms with Gasteiger partial charge in [0, 0.05) is 45.8 Å². The second kappa shape index (κ2) is 12.4. The Morgan fingerprint density at radius 1 is 1.09 bits per heavy atom. The van der Waals surface area contributed by atoms with Gasteiger partial charge in [0.05, 0.1) is 25.8 Å². The van der Waals surface area contributed by atoms with E-state index in [1.807, 2.05) is 30.9 Å². The zero-order valence-electron chi connectivity index (χ0n) is 19.0. The lowest BCUT2D eigenvalue weighted by Gasteiger charge is -2.40. The van der Waals surface area contributed by atoms with Crippen molar-refractivity contribution in [1.29, 1.82) is 0 Å². The topological polar surface area (TPSA) is 56.5 Å². The summed E-state index contributed by atoms with van der Waals surface area (Å²) in [4.78, 5) is 10.7. The fourth-order valence-electron chi connectivity index (χ4n) is 4.03. The molecule has 1 aromatic heterocycles. The third-order valence-electron chi connectivity index (χ3n) is 5.96. The van der Waals surface area contributed by atoms with Crippen LogP contribution in [0.25, 0.3) is 0 Å². The molecule has 0 aromatic carbocycles. The Bertz CT molecular complexity index is 717. The summed E-state index contributed by atoms with van der Waals surface area (Å²) in [5, 5.41) is 3.30. The first-order chi connectivity index (χ1) is 14.8. The fourth-order valence-corrected chi connectivity index (χ4v) is 4.03. The molecule has 7 nitrogen and oxygen atoms in total. The first-order valence-corrected chi connectivity index (χ1v) is 11.0. The molecule has 1 N–H and O–H groups in total. The van der Waals surface area contributed by atoms with Crippen LogP contribution in [-0.4, -0.2) is 98.4 Å². The van der Waals surface area contributed by atoms with E-state index >= 15 is 0 Å². The molecule has 0 spiro atoms. The number of alkyl halides is 3. The van der Waals surface area contributed by atoms with Gasteiger partial charge in [0.2, 0.25) is 0 Å². The summed E-state index contributed by atoms with van der Waals surface area (Å²) in [5.74, 6) is 2.48. The molecule has 0 aliphatic carbocycles. The molecule has 11 heteroatoms. The molecule has 1 aromatic rings. The van der Waals surface area contributed by atoms with E-state index in [1.54, 1.807) is 0 Å². The van der Waals surface area contributed by atoms with Crippen molar-refractivity contribution in [2.45, 2.75) is 39.0 Å². The quantitative estimate of drug-likeness (QED) is 0.321. The Labute approximate surface area is 205 Å². The lowest BCUT2D eigenvalue weighted by atomic mass is 10.1. The van der Waals surface area contributed by atoms with Crippen molar-refractivity contribution in [1.82, 2.24) is 20.0 Å². The second-order valence-electron chi connectivity index (χ2n) is 8.05. The van der Waals surface area contributed by atoms with Crippen LogP contribution < -0.4 is 5.32 Å². The Kier molecular flexibility index (Phi) is 10.6. The Hall–Kier alpha value is -1.05. The molecule has 2 unspecified atom stereocenters. The SMILES string of the molecule is CCNC(=NCC(c1ccc(C)o1)N1CCOCC1)N1CCN(C(C)C(F)(F)F)CC1.I. The second-order valence-corrected chi connectivity index (χ2v) is 8.05. The van der Waals surface area contributed by atoms with Gasteiger partial charge in [-0.1, -0.05) is 0 Å². The van der Waals surface area contributed by atoms with Crippen LogP contribution in [0.3, 0.4) is 0 Å². The third-order valence-corrected chi connectivity index (χ3v) is 5.96. The summed E-state index contributed by atoms with van der Waals surface area (Å²) in [7, 11) is 0. The Balaban J connectivity index is 0.00000363. The molecule has 0 saturated carbocycles. The molecule has 2 fully saturated rings. The van der Waals surface area contributed by atoms with Gasteiger partial charge in [-0.25, -0.2) is 0 Å². The van der Waals surface area contributed by atoms with Gasteiger partial charge >= 0.3 is 6.18 Å². The minimum absolute atomic E-state index is 0. The van der Waals surface area contributed by atoms with Crippen LogP contribution in [0.2, 0.25) is 0 Å². The van der Waals surface area contributed by atoms with Gasteiger partial charge in [-0.3, -0.25) is 14.8 Å². The van der Waals surface area contributed by atoms with Crippen LogP contribution in [0.1, 0.15) is 31.4 Å². The van der Waals surface area contributed by atoms with E-state index in [1.165, 1.54) is 11.8 Å². The molecular formula is C21H35F3IN5O2. The lowest BCUT2D eigenvalue weighted by Crippen LogP contribution is -2.56. The van der Waals surface area contributed by atoms with Crippen molar-refractivity contribution in [3.05, 3.63) is 23.7 Å². The highest BCUT2D eigenvalue weighted by molar-refractivity contribution is 14.0. The van der Waals surface area contributed by atoms with E-state index in [-0.39, 0.29) is 30.0 Å². The van der Waals surface area contributed by atoms with E-state index in [9.17, 15) is 13.2 Å². The smallest absolute Gasteiger partial charge is 0.403 e. The fraction of sp³-hybridized carbons (Fsp3) is 0.762. The number of hydrogen-bond donors (Lipinski definition) is 1. The number of aliphatic imine (C=N–C) groups is 1. The molecule has 0 amide bonds. The predicted octanol–water partition coefficient (Wildman–Crippen LogP) is 3.11. The van der Waals surface area contributed by atoms with Crippen molar-refractivity contribution in [2.75, 3.05) is 65.6 Å². The molecule has 0 bridgehead atoms. The lowest BCUT2D eigenvalue weighted by molar-refractivity contribution is -0.181. The van der Waals surface area contributed by atoms with Crippen LogP contribution in [-0.2, 0) is 4.74 Å². The zero-order chi connectivity index (χ0) is 22.4. The minimum atomic E-state index is -4.20. The standard InChI is InChI=1S/C21H34F3N5O2.HI/c1-4-25-20(29-9-7-27(8-10-29)17(3)21(22,23)24)26-15-18(19-6-5-16(2)31-19)28-11-13-30-14-12-28;/h5-6,17-18H,4,7-15H2,1-3H3,(H,25,26);1H. The van der Waals surface area contributed by atoms with Crippen LogP contribution in [0.5, 0.6) is 0 Å². The number of aryl methyl sites for hydroxylation is 1. The van der Waals surface area contributed by atoms with Crippen LogP contribution in [0.15, 0.2) is 21.5 Å². The number of nitrogens with one attached hydrogen (secondary N) is 1. The van der Waals surface area contributed by atoms with E-state index < -0.39 is 12.2 Å². The van der Waals surface area contributed by atoms with Crippen LogP contribution >= 0.6 is 24.0 Å². The van der Waals surface area contributed by atoms with Gasteiger partial charge < -0.3 is 19.4 Å². The van der Waals surface area contributed by atoms with Gasteiger partial charge in [-0.15, -0.1) is 24.0 Å². The Morgan fingerprint density at radius 2 is 1.75 bits per heavy atom. The molecule has 2 saturated heterocycles. The maximum Gasteiger partial charge on any atom is 0.403 e. The number of piperazine rings is 1. The molecule has 2 aliphatic rings. The number of hydrogen-bond acceptors (Lipinski definition) is 5. The summed E-state index contributed by atoms with van der Waals surface area (Å²) in [5.41, 5.74) is 0. The maximum absolute atomic E-state index is 13.0. The highest BCUT2D eigenvalue weighted by Gasteiger charge is 2.41. The first kappa shape index (κ1) is 27.2.